The van der Waals surface area contributed by atoms with Crippen LogP contribution in [-0.4, -0.2) is 35.3 Å². The molecule has 0 spiro atoms. The first-order chi connectivity index (χ1) is 14.1. The molecule has 0 atom stereocenters. The number of hydrogen-bond acceptors (Lipinski definition) is 4. The zero-order valence-electron chi connectivity index (χ0n) is 16.7. The van der Waals surface area contributed by atoms with Crippen molar-refractivity contribution in [1.29, 1.82) is 0 Å². The predicted octanol–water partition coefficient (Wildman–Crippen LogP) is 3.78. The molecule has 1 amide bonds. The van der Waals surface area contributed by atoms with E-state index in [1.807, 2.05) is 42.5 Å². The lowest BCUT2D eigenvalue weighted by Gasteiger charge is -2.06. The number of aromatic nitrogens is 2. The number of esters is 1. The molecule has 0 saturated carbocycles. The summed E-state index contributed by atoms with van der Waals surface area (Å²) < 4.78 is 6.34. The van der Waals surface area contributed by atoms with Crippen molar-refractivity contribution in [2.45, 2.75) is 26.2 Å². The number of benzene rings is 2. The molecule has 2 aromatic carbocycles. The summed E-state index contributed by atoms with van der Waals surface area (Å²) >= 11 is 0. The van der Waals surface area contributed by atoms with Crippen LogP contribution in [-0.2, 0) is 16.0 Å². The fourth-order valence-corrected chi connectivity index (χ4v) is 3.00. The molecule has 0 aliphatic carbocycles. The fourth-order valence-electron chi connectivity index (χ4n) is 3.00. The average molecular weight is 391 g/mol. The van der Waals surface area contributed by atoms with Crippen molar-refractivity contribution in [3.63, 3.8) is 0 Å². The molecule has 1 N–H and O–H groups in total. The highest BCUT2D eigenvalue weighted by molar-refractivity contribution is 6.00. The Morgan fingerprint density at radius 2 is 1.79 bits per heavy atom. The SMILES string of the molecule is CCc1ccc(-c2nn(-c3ccccc3)cc2C(=O)NCCCC(=O)OC)cc1. The van der Waals surface area contributed by atoms with Crippen molar-refractivity contribution < 1.29 is 14.3 Å². The number of nitrogens with one attached hydrogen (secondary N) is 1. The summed E-state index contributed by atoms with van der Waals surface area (Å²) in [6, 6.07) is 17.8. The molecule has 0 aliphatic rings. The van der Waals surface area contributed by atoms with E-state index >= 15 is 0 Å². The Hall–Kier alpha value is -3.41. The third-order valence-corrected chi connectivity index (χ3v) is 4.69. The monoisotopic (exact) mass is 391 g/mol. The first-order valence-electron chi connectivity index (χ1n) is 9.71. The first-order valence-corrected chi connectivity index (χ1v) is 9.71. The number of carbonyl (C=O) groups is 2. The zero-order valence-corrected chi connectivity index (χ0v) is 16.7. The van der Waals surface area contributed by atoms with Crippen LogP contribution in [0.15, 0.2) is 60.8 Å². The highest BCUT2D eigenvalue weighted by Crippen LogP contribution is 2.24. The summed E-state index contributed by atoms with van der Waals surface area (Å²) in [5.74, 6) is -0.500. The van der Waals surface area contributed by atoms with Gasteiger partial charge in [-0.3, -0.25) is 9.59 Å². The first kappa shape index (κ1) is 20.3. The number of amides is 1. The van der Waals surface area contributed by atoms with Crippen molar-refractivity contribution >= 4 is 11.9 Å². The molecule has 3 aromatic rings. The van der Waals surface area contributed by atoms with E-state index in [9.17, 15) is 9.59 Å². The van der Waals surface area contributed by atoms with Gasteiger partial charge in [0.1, 0.15) is 5.69 Å². The van der Waals surface area contributed by atoms with Gasteiger partial charge in [0.25, 0.3) is 5.91 Å². The van der Waals surface area contributed by atoms with Gasteiger partial charge in [-0.15, -0.1) is 0 Å². The van der Waals surface area contributed by atoms with Crippen LogP contribution in [0, 0.1) is 0 Å². The van der Waals surface area contributed by atoms with Crippen molar-refractivity contribution in [3.8, 4) is 16.9 Å². The highest BCUT2D eigenvalue weighted by Gasteiger charge is 2.18. The second kappa shape index (κ2) is 9.68. The summed E-state index contributed by atoms with van der Waals surface area (Å²) in [7, 11) is 1.36. The van der Waals surface area contributed by atoms with E-state index in [4.69, 9.17) is 0 Å². The molecule has 0 bridgehead atoms. The van der Waals surface area contributed by atoms with Crippen LogP contribution in [0.4, 0.5) is 0 Å². The van der Waals surface area contributed by atoms with Gasteiger partial charge in [-0.1, -0.05) is 49.4 Å². The number of rotatable bonds is 8. The van der Waals surface area contributed by atoms with Crippen LogP contribution in [0.25, 0.3) is 16.9 Å². The van der Waals surface area contributed by atoms with Crippen LogP contribution in [0.3, 0.4) is 0 Å². The molecule has 0 radical (unpaired) electrons. The Bertz CT molecular complexity index is 963. The van der Waals surface area contributed by atoms with E-state index in [2.05, 4.69) is 34.2 Å². The summed E-state index contributed by atoms with van der Waals surface area (Å²) in [6.45, 7) is 2.49. The van der Waals surface area contributed by atoms with E-state index in [-0.39, 0.29) is 18.3 Å². The van der Waals surface area contributed by atoms with E-state index in [1.165, 1.54) is 12.7 Å². The van der Waals surface area contributed by atoms with Gasteiger partial charge >= 0.3 is 5.97 Å². The maximum Gasteiger partial charge on any atom is 0.305 e. The summed E-state index contributed by atoms with van der Waals surface area (Å²) in [5, 5.41) is 7.55. The maximum atomic E-state index is 12.8. The molecule has 1 aromatic heterocycles. The van der Waals surface area contributed by atoms with Gasteiger partial charge in [0.05, 0.1) is 18.4 Å². The molecule has 150 valence electrons. The Kier molecular flexibility index (Phi) is 6.79. The van der Waals surface area contributed by atoms with E-state index < -0.39 is 0 Å². The quantitative estimate of drug-likeness (QED) is 0.468. The van der Waals surface area contributed by atoms with Gasteiger partial charge in [0, 0.05) is 24.7 Å². The maximum absolute atomic E-state index is 12.8. The molecular formula is C23H25N3O3. The predicted molar refractivity (Wildman–Crippen MR) is 112 cm³/mol. The van der Waals surface area contributed by atoms with Crippen LogP contribution >= 0.6 is 0 Å². The third-order valence-electron chi connectivity index (χ3n) is 4.69. The van der Waals surface area contributed by atoms with Crippen molar-refractivity contribution in [2.75, 3.05) is 13.7 Å². The van der Waals surface area contributed by atoms with Crippen LogP contribution in [0.5, 0.6) is 0 Å². The minimum Gasteiger partial charge on any atom is -0.469 e. The number of carbonyl (C=O) groups excluding carboxylic acids is 2. The Labute approximate surface area is 170 Å². The van der Waals surface area contributed by atoms with Gasteiger partial charge in [-0.25, -0.2) is 4.68 Å². The normalized spacial score (nSPS) is 10.6. The molecule has 6 nitrogen and oxygen atoms in total. The summed E-state index contributed by atoms with van der Waals surface area (Å²) in [5.41, 5.74) is 4.11. The van der Waals surface area contributed by atoms with Crippen molar-refractivity contribution in [2.24, 2.45) is 0 Å². The van der Waals surface area contributed by atoms with E-state index in [0.717, 1.165) is 17.7 Å². The van der Waals surface area contributed by atoms with E-state index in [0.29, 0.717) is 24.2 Å². The molecule has 6 heteroatoms. The van der Waals surface area contributed by atoms with Crippen LogP contribution in [0.2, 0.25) is 0 Å². The third kappa shape index (κ3) is 5.10. The fraction of sp³-hybridized carbons (Fsp3) is 0.261. The van der Waals surface area contributed by atoms with Gasteiger partial charge < -0.3 is 10.1 Å². The molecule has 29 heavy (non-hydrogen) atoms. The van der Waals surface area contributed by atoms with Crippen LogP contribution < -0.4 is 5.32 Å². The number of methoxy groups -OCH3 is 1. The second-order valence-corrected chi connectivity index (χ2v) is 6.66. The molecule has 1 heterocycles. The lowest BCUT2D eigenvalue weighted by molar-refractivity contribution is -0.140. The Balaban J connectivity index is 1.86. The largest absolute Gasteiger partial charge is 0.469 e. The lowest BCUT2D eigenvalue weighted by Crippen LogP contribution is -2.25. The minimum absolute atomic E-state index is 0.216. The Morgan fingerprint density at radius 1 is 1.07 bits per heavy atom. The number of nitrogens with zero attached hydrogens (tertiary/aromatic N) is 2. The summed E-state index contributed by atoms with van der Waals surface area (Å²) in [6.07, 6.45) is 3.48. The summed E-state index contributed by atoms with van der Waals surface area (Å²) in [4.78, 5) is 24.1. The number of aryl methyl sites for hydroxylation is 1. The smallest absolute Gasteiger partial charge is 0.305 e. The van der Waals surface area contributed by atoms with Gasteiger partial charge in [0.2, 0.25) is 0 Å². The van der Waals surface area contributed by atoms with Crippen molar-refractivity contribution in [1.82, 2.24) is 15.1 Å². The minimum atomic E-state index is -0.284. The zero-order chi connectivity index (χ0) is 20.6. The molecule has 0 aliphatic heterocycles. The second-order valence-electron chi connectivity index (χ2n) is 6.66. The molecule has 0 unspecified atom stereocenters. The average Bonchev–Trinajstić information content (AvgIpc) is 3.22. The van der Waals surface area contributed by atoms with Crippen molar-refractivity contribution in [3.05, 3.63) is 71.9 Å². The molecule has 3 rings (SSSR count). The number of ether oxygens (including phenoxy) is 1. The van der Waals surface area contributed by atoms with Crippen LogP contribution in [0.1, 0.15) is 35.7 Å². The van der Waals surface area contributed by atoms with Gasteiger partial charge in [-0.2, -0.15) is 5.10 Å². The van der Waals surface area contributed by atoms with E-state index in [1.54, 1.807) is 10.9 Å². The van der Waals surface area contributed by atoms with Gasteiger partial charge in [0.15, 0.2) is 0 Å². The Morgan fingerprint density at radius 3 is 2.45 bits per heavy atom. The lowest BCUT2D eigenvalue weighted by atomic mass is 10.0. The topological polar surface area (TPSA) is 73.2 Å². The van der Waals surface area contributed by atoms with Gasteiger partial charge in [-0.05, 0) is 30.5 Å². The molecule has 0 fully saturated rings. The molecular weight excluding hydrogens is 366 g/mol. The highest BCUT2D eigenvalue weighted by atomic mass is 16.5. The number of para-hydroxylation sites is 1. The number of hydrogen-bond donors (Lipinski definition) is 1. The standard InChI is InChI=1S/C23H25N3O3/c1-3-17-11-13-18(14-12-17)22-20(23(28)24-15-7-10-21(27)29-2)16-26(25-22)19-8-5-4-6-9-19/h4-6,8-9,11-14,16H,3,7,10,15H2,1-2H3,(H,24,28). The molecule has 0 saturated heterocycles.